The summed E-state index contributed by atoms with van der Waals surface area (Å²) in [7, 11) is 0. The largest absolute Gasteiger partial charge is 0.312 e. The summed E-state index contributed by atoms with van der Waals surface area (Å²) in [5.41, 5.74) is 2.18. The summed E-state index contributed by atoms with van der Waals surface area (Å²) in [6.45, 7) is 8.98. The number of nitrogens with zero attached hydrogens (tertiary/aromatic N) is 3. The molecule has 0 radical (unpaired) electrons. The van der Waals surface area contributed by atoms with Gasteiger partial charge in [0, 0.05) is 12.2 Å². The monoisotopic (exact) mass is 180 g/mol. The lowest BCUT2D eigenvalue weighted by Crippen LogP contribution is -2.29. The first kappa shape index (κ1) is 9.89. The molecule has 1 rings (SSSR count). The second kappa shape index (κ2) is 3.68. The summed E-state index contributed by atoms with van der Waals surface area (Å²) in [5, 5.41) is 15.3. The molecule has 1 heterocycles. The minimum absolute atomic E-state index is 0.247. The van der Waals surface area contributed by atoms with Crippen LogP contribution in [0.5, 0.6) is 0 Å². The molecule has 13 heavy (non-hydrogen) atoms. The Morgan fingerprint density at radius 3 is 2.46 bits per heavy atom. The fraction of sp³-hybridized carbons (Fsp3) is 0.667. The standard InChI is InChI=1S/C9H16N4/c1-6(2)5-13-8(4)7(3)11-12-9(13)10/h6,10H,5H2,1-4H3. The number of rotatable bonds is 2. The molecule has 0 fully saturated rings. The number of hydrogen-bond acceptors (Lipinski definition) is 3. The van der Waals surface area contributed by atoms with Gasteiger partial charge in [-0.1, -0.05) is 13.8 Å². The van der Waals surface area contributed by atoms with Gasteiger partial charge in [-0.2, -0.15) is 5.10 Å². The summed E-state index contributed by atoms with van der Waals surface area (Å²) < 4.78 is 1.90. The third-order valence-electron chi connectivity index (χ3n) is 2.03. The van der Waals surface area contributed by atoms with E-state index in [0.29, 0.717) is 5.92 Å². The van der Waals surface area contributed by atoms with Gasteiger partial charge < -0.3 is 4.57 Å². The van der Waals surface area contributed by atoms with Gasteiger partial charge in [0.25, 0.3) is 0 Å². The quantitative estimate of drug-likeness (QED) is 0.739. The van der Waals surface area contributed by atoms with Gasteiger partial charge in [0.1, 0.15) is 0 Å². The number of aromatic nitrogens is 3. The average molecular weight is 180 g/mol. The van der Waals surface area contributed by atoms with Crippen LogP contribution in [-0.4, -0.2) is 14.8 Å². The molecule has 0 saturated heterocycles. The van der Waals surface area contributed by atoms with E-state index in [9.17, 15) is 0 Å². The molecule has 0 aliphatic heterocycles. The molecular formula is C9H16N4. The van der Waals surface area contributed by atoms with Gasteiger partial charge in [-0.25, -0.2) is 0 Å². The van der Waals surface area contributed by atoms with E-state index in [4.69, 9.17) is 5.41 Å². The summed E-state index contributed by atoms with van der Waals surface area (Å²) >= 11 is 0. The molecule has 72 valence electrons. The second-order valence-electron chi connectivity index (χ2n) is 3.70. The van der Waals surface area contributed by atoms with Gasteiger partial charge in [-0.15, -0.1) is 5.10 Å². The van der Waals surface area contributed by atoms with E-state index in [1.165, 1.54) is 0 Å². The van der Waals surface area contributed by atoms with Crippen molar-refractivity contribution < 1.29 is 0 Å². The van der Waals surface area contributed by atoms with Crippen molar-refractivity contribution in [2.45, 2.75) is 34.2 Å². The third kappa shape index (κ3) is 2.14. The van der Waals surface area contributed by atoms with Crippen molar-refractivity contribution in [1.82, 2.24) is 14.8 Å². The smallest absolute Gasteiger partial charge is 0.242 e. The summed E-state index contributed by atoms with van der Waals surface area (Å²) in [6, 6.07) is 0. The zero-order valence-electron chi connectivity index (χ0n) is 8.63. The third-order valence-corrected chi connectivity index (χ3v) is 2.03. The van der Waals surface area contributed by atoms with E-state index >= 15 is 0 Å². The van der Waals surface area contributed by atoms with Crippen molar-refractivity contribution >= 4 is 0 Å². The van der Waals surface area contributed by atoms with Crippen LogP contribution in [0.2, 0.25) is 0 Å². The molecular weight excluding hydrogens is 164 g/mol. The maximum absolute atomic E-state index is 7.59. The summed E-state index contributed by atoms with van der Waals surface area (Å²) in [4.78, 5) is 0. The van der Waals surface area contributed by atoms with E-state index in [0.717, 1.165) is 17.9 Å². The predicted octanol–water partition coefficient (Wildman–Crippen LogP) is 1.03. The highest BCUT2D eigenvalue weighted by molar-refractivity contribution is 5.04. The fourth-order valence-electron chi connectivity index (χ4n) is 1.19. The van der Waals surface area contributed by atoms with Gasteiger partial charge in [0.2, 0.25) is 5.62 Å². The van der Waals surface area contributed by atoms with Crippen LogP contribution in [0.3, 0.4) is 0 Å². The molecule has 4 nitrogen and oxygen atoms in total. The average Bonchev–Trinajstić information content (AvgIpc) is 2.05. The summed E-state index contributed by atoms with van der Waals surface area (Å²) in [5.74, 6) is 0.524. The molecule has 0 bridgehead atoms. The van der Waals surface area contributed by atoms with Gasteiger partial charge >= 0.3 is 0 Å². The van der Waals surface area contributed by atoms with Crippen LogP contribution in [0.1, 0.15) is 25.2 Å². The van der Waals surface area contributed by atoms with Crippen LogP contribution in [-0.2, 0) is 6.54 Å². The van der Waals surface area contributed by atoms with Crippen LogP contribution in [0.25, 0.3) is 0 Å². The lowest BCUT2D eigenvalue weighted by Gasteiger charge is -2.13. The zero-order chi connectivity index (χ0) is 10.0. The first-order chi connectivity index (χ1) is 6.02. The Kier molecular flexibility index (Phi) is 2.80. The van der Waals surface area contributed by atoms with Crippen molar-refractivity contribution in [2.24, 2.45) is 5.92 Å². The Bertz CT molecular complexity index is 351. The molecule has 1 aromatic rings. The molecule has 0 spiro atoms. The topological polar surface area (TPSA) is 54.6 Å². The maximum Gasteiger partial charge on any atom is 0.242 e. The molecule has 0 aromatic carbocycles. The molecule has 1 aromatic heterocycles. The number of aryl methyl sites for hydroxylation is 1. The summed E-state index contributed by atoms with van der Waals surface area (Å²) in [6.07, 6.45) is 0. The van der Waals surface area contributed by atoms with Gasteiger partial charge in [-0.3, -0.25) is 5.41 Å². The van der Waals surface area contributed by atoms with Crippen molar-refractivity contribution in [3.8, 4) is 0 Å². The Morgan fingerprint density at radius 1 is 1.31 bits per heavy atom. The van der Waals surface area contributed by atoms with E-state index < -0.39 is 0 Å². The SMILES string of the molecule is Cc1nnc(=N)n(CC(C)C)c1C. The van der Waals surface area contributed by atoms with Crippen molar-refractivity contribution in [2.75, 3.05) is 0 Å². The number of nitrogens with one attached hydrogen (secondary N) is 1. The predicted molar refractivity (Wildman–Crippen MR) is 50.2 cm³/mol. The van der Waals surface area contributed by atoms with Crippen LogP contribution >= 0.6 is 0 Å². The van der Waals surface area contributed by atoms with Crippen molar-refractivity contribution in [1.29, 1.82) is 5.41 Å². The molecule has 0 aliphatic carbocycles. The van der Waals surface area contributed by atoms with Gasteiger partial charge in [0.15, 0.2) is 0 Å². The van der Waals surface area contributed by atoms with Crippen LogP contribution < -0.4 is 5.62 Å². The zero-order valence-corrected chi connectivity index (χ0v) is 8.63. The molecule has 4 heteroatoms. The Hall–Kier alpha value is -1.19. The van der Waals surface area contributed by atoms with Gasteiger partial charge in [0.05, 0.1) is 5.69 Å². The molecule has 0 saturated carbocycles. The fourth-order valence-corrected chi connectivity index (χ4v) is 1.19. The van der Waals surface area contributed by atoms with E-state index in [1.807, 2.05) is 18.4 Å². The van der Waals surface area contributed by atoms with Crippen LogP contribution in [0.15, 0.2) is 0 Å². The van der Waals surface area contributed by atoms with Crippen LogP contribution in [0.4, 0.5) is 0 Å². The van der Waals surface area contributed by atoms with E-state index in [2.05, 4.69) is 24.0 Å². The Balaban J connectivity index is 3.18. The Labute approximate surface area is 78.1 Å². The highest BCUT2D eigenvalue weighted by Crippen LogP contribution is 2.02. The Morgan fingerprint density at radius 2 is 1.92 bits per heavy atom. The normalized spacial score (nSPS) is 10.8. The molecule has 0 atom stereocenters. The second-order valence-corrected chi connectivity index (χ2v) is 3.70. The maximum atomic E-state index is 7.59. The minimum Gasteiger partial charge on any atom is -0.312 e. The molecule has 1 N–H and O–H groups in total. The van der Waals surface area contributed by atoms with Gasteiger partial charge in [-0.05, 0) is 19.8 Å². The minimum atomic E-state index is 0.247. The molecule has 0 unspecified atom stereocenters. The first-order valence-electron chi connectivity index (χ1n) is 4.47. The first-order valence-corrected chi connectivity index (χ1v) is 4.47. The van der Waals surface area contributed by atoms with Crippen molar-refractivity contribution in [3.05, 3.63) is 17.0 Å². The van der Waals surface area contributed by atoms with Crippen LogP contribution in [0, 0.1) is 25.2 Å². The number of hydrogen-bond donors (Lipinski definition) is 1. The molecule has 0 aliphatic rings. The highest BCUT2D eigenvalue weighted by atomic mass is 15.2. The lowest BCUT2D eigenvalue weighted by molar-refractivity contribution is 0.474. The van der Waals surface area contributed by atoms with E-state index in [-0.39, 0.29) is 5.62 Å². The van der Waals surface area contributed by atoms with E-state index in [1.54, 1.807) is 0 Å². The molecule has 0 amide bonds. The van der Waals surface area contributed by atoms with Crippen molar-refractivity contribution in [3.63, 3.8) is 0 Å². The highest BCUT2D eigenvalue weighted by Gasteiger charge is 2.04. The lowest BCUT2D eigenvalue weighted by atomic mass is 10.2.